The molecule has 1 aromatic rings. The summed E-state index contributed by atoms with van der Waals surface area (Å²) >= 11 is 0. The van der Waals surface area contributed by atoms with Crippen LogP contribution >= 0.6 is 0 Å². The van der Waals surface area contributed by atoms with E-state index in [2.05, 4.69) is 0 Å². The van der Waals surface area contributed by atoms with Crippen LogP contribution in [0, 0.1) is 0 Å². The normalized spacial score (nSPS) is 11.6. The molecule has 1 rings (SSSR count). The van der Waals surface area contributed by atoms with Crippen molar-refractivity contribution in [3.05, 3.63) is 35.9 Å². The first-order chi connectivity index (χ1) is 8.13. The summed E-state index contributed by atoms with van der Waals surface area (Å²) in [5, 5.41) is 0. The van der Waals surface area contributed by atoms with Crippen LogP contribution in [0.3, 0.4) is 0 Å². The molecule has 0 radical (unpaired) electrons. The van der Waals surface area contributed by atoms with Crippen molar-refractivity contribution < 1.29 is 19.1 Å². The molecule has 0 aliphatic carbocycles. The second-order valence-electron chi connectivity index (χ2n) is 3.54. The molecule has 0 saturated heterocycles. The molecule has 1 atom stereocenters. The lowest BCUT2D eigenvalue weighted by molar-refractivity contribution is -0.166. The molecule has 4 nitrogen and oxygen atoms in total. The van der Waals surface area contributed by atoms with Crippen LogP contribution in [0.2, 0.25) is 0 Å². The first-order valence-electron chi connectivity index (χ1n) is 5.51. The summed E-state index contributed by atoms with van der Waals surface area (Å²) in [5.41, 5.74) is 0.923. The van der Waals surface area contributed by atoms with Gasteiger partial charge in [-0.15, -0.1) is 0 Å². The van der Waals surface area contributed by atoms with Gasteiger partial charge in [0.2, 0.25) is 6.10 Å². The molecule has 0 amide bonds. The van der Waals surface area contributed by atoms with Gasteiger partial charge < -0.3 is 9.47 Å². The van der Waals surface area contributed by atoms with Gasteiger partial charge in [-0.3, -0.25) is 4.79 Å². The Hall–Kier alpha value is -1.84. The average Bonchev–Trinajstić information content (AvgIpc) is 2.29. The molecule has 0 spiro atoms. The highest BCUT2D eigenvalue weighted by Crippen LogP contribution is 2.08. The van der Waals surface area contributed by atoms with E-state index in [1.54, 1.807) is 6.92 Å². The number of esters is 2. The maximum Gasteiger partial charge on any atom is 0.347 e. The minimum Gasteiger partial charge on any atom is -0.463 e. The fourth-order valence-corrected chi connectivity index (χ4v) is 1.44. The van der Waals surface area contributed by atoms with Gasteiger partial charge >= 0.3 is 11.9 Å². The van der Waals surface area contributed by atoms with Crippen molar-refractivity contribution in [3.8, 4) is 0 Å². The number of rotatable bonds is 5. The summed E-state index contributed by atoms with van der Waals surface area (Å²) in [4.78, 5) is 22.5. The van der Waals surface area contributed by atoms with Gasteiger partial charge in [0.25, 0.3) is 0 Å². The van der Waals surface area contributed by atoms with Gasteiger partial charge in [-0.2, -0.15) is 0 Å². The summed E-state index contributed by atoms with van der Waals surface area (Å²) in [6.45, 7) is 3.26. The maximum absolute atomic E-state index is 11.6. The lowest BCUT2D eigenvalue weighted by Crippen LogP contribution is -2.30. The lowest BCUT2D eigenvalue weighted by Gasteiger charge is -2.15. The average molecular weight is 236 g/mol. The van der Waals surface area contributed by atoms with Crippen LogP contribution in [-0.4, -0.2) is 24.6 Å². The quantitative estimate of drug-likeness (QED) is 0.730. The predicted octanol–water partition coefficient (Wildman–Crippen LogP) is 1.72. The minimum absolute atomic E-state index is 0.269. The van der Waals surface area contributed by atoms with Crippen LogP contribution in [0.4, 0.5) is 0 Å². The second kappa shape index (κ2) is 6.68. The van der Waals surface area contributed by atoms with Gasteiger partial charge in [-0.1, -0.05) is 30.3 Å². The summed E-state index contributed by atoms with van der Waals surface area (Å²) < 4.78 is 9.82. The van der Waals surface area contributed by atoms with E-state index in [1.807, 2.05) is 30.3 Å². The monoisotopic (exact) mass is 236 g/mol. The highest BCUT2D eigenvalue weighted by Gasteiger charge is 2.23. The van der Waals surface area contributed by atoms with E-state index in [4.69, 9.17) is 9.47 Å². The zero-order valence-corrected chi connectivity index (χ0v) is 10.0. The van der Waals surface area contributed by atoms with Crippen molar-refractivity contribution in [1.29, 1.82) is 0 Å². The van der Waals surface area contributed by atoms with Gasteiger partial charge in [0.05, 0.1) is 6.61 Å². The van der Waals surface area contributed by atoms with E-state index in [-0.39, 0.29) is 6.61 Å². The molecule has 4 heteroatoms. The van der Waals surface area contributed by atoms with Crippen molar-refractivity contribution in [3.63, 3.8) is 0 Å². The van der Waals surface area contributed by atoms with E-state index < -0.39 is 18.0 Å². The minimum atomic E-state index is -0.866. The van der Waals surface area contributed by atoms with Crippen LogP contribution in [0.5, 0.6) is 0 Å². The Kier molecular flexibility index (Phi) is 5.20. The van der Waals surface area contributed by atoms with Crippen molar-refractivity contribution in [1.82, 2.24) is 0 Å². The van der Waals surface area contributed by atoms with E-state index in [0.717, 1.165) is 5.56 Å². The Labute approximate surface area is 101 Å². The first-order valence-corrected chi connectivity index (χ1v) is 5.51. The van der Waals surface area contributed by atoms with E-state index in [0.29, 0.717) is 6.42 Å². The molecule has 0 unspecified atom stereocenters. The van der Waals surface area contributed by atoms with E-state index in [1.165, 1.54) is 6.92 Å². The topological polar surface area (TPSA) is 52.6 Å². The number of hydrogen-bond acceptors (Lipinski definition) is 4. The molecule has 0 bridgehead atoms. The zero-order valence-electron chi connectivity index (χ0n) is 10.0. The molecule has 0 aliphatic rings. The predicted molar refractivity (Wildman–Crippen MR) is 62.3 cm³/mol. The molecule has 0 aromatic heterocycles. The van der Waals surface area contributed by atoms with Gasteiger partial charge in [0, 0.05) is 13.3 Å². The van der Waals surface area contributed by atoms with Gasteiger partial charge in [0.15, 0.2) is 0 Å². The van der Waals surface area contributed by atoms with Crippen LogP contribution in [0.25, 0.3) is 0 Å². The smallest absolute Gasteiger partial charge is 0.347 e. The van der Waals surface area contributed by atoms with E-state index in [9.17, 15) is 9.59 Å². The van der Waals surface area contributed by atoms with E-state index >= 15 is 0 Å². The largest absolute Gasteiger partial charge is 0.463 e. The summed E-state index contributed by atoms with van der Waals surface area (Å²) in [6.07, 6.45) is -0.533. The lowest BCUT2D eigenvalue weighted by atomic mass is 10.1. The van der Waals surface area contributed by atoms with Crippen LogP contribution < -0.4 is 0 Å². The molecular weight excluding hydrogens is 220 g/mol. The third kappa shape index (κ3) is 4.68. The van der Waals surface area contributed by atoms with Gasteiger partial charge in [-0.25, -0.2) is 4.79 Å². The third-order valence-corrected chi connectivity index (χ3v) is 2.12. The molecule has 92 valence electrons. The maximum atomic E-state index is 11.6. The van der Waals surface area contributed by atoms with Crippen LogP contribution in [0.15, 0.2) is 30.3 Å². The van der Waals surface area contributed by atoms with Crippen molar-refractivity contribution in [2.45, 2.75) is 26.4 Å². The van der Waals surface area contributed by atoms with Crippen LogP contribution in [-0.2, 0) is 25.5 Å². The molecule has 17 heavy (non-hydrogen) atoms. The molecule has 0 saturated carbocycles. The van der Waals surface area contributed by atoms with Crippen molar-refractivity contribution in [2.24, 2.45) is 0 Å². The summed E-state index contributed by atoms with van der Waals surface area (Å²) in [6, 6.07) is 9.36. The molecule has 0 aliphatic heterocycles. The van der Waals surface area contributed by atoms with Crippen molar-refractivity contribution in [2.75, 3.05) is 6.61 Å². The van der Waals surface area contributed by atoms with Crippen LogP contribution in [0.1, 0.15) is 19.4 Å². The Bertz CT molecular complexity index is 372. The first kappa shape index (κ1) is 13.2. The standard InChI is InChI=1S/C13H16O4/c1-3-16-13(15)12(17-10(2)14)9-11-7-5-4-6-8-11/h4-8,12H,3,9H2,1-2H3/t12-/m0/s1. The van der Waals surface area contributed by atoms with Crippen molar-refractivity contribution >= 4 is 11.9 Å². The highest BCUT2D eigenvalue weighted by molar-refractivity contribution is 5.78. The highest BCUT2D eigenvalue weighted by atomic mass is 16.6. The Balaban J connectivity index is 2.70. The third-order valence-electron chi connectivity index (χ3n) is 2.12. The molecule has 0 fully saturated rings. The fourth-order valence-electron chi connectivity index (χ4n) is 1.44. The SMILES string of the molecule is CCOC(=O)[C@H](Cc1ccccc1)OC(C)=O. The second-order valence-corrected chi connectivity index (χ2v) is 3.54. The van der Waals surface area contributed by atoms with Gasteiger partial charge in [-0.05, 0) is 12.5 Å². The summed E-state index contributed by atoms with van der Waals surface area (Å²) in [7, 11) is 0. The number of carbonyl (C=O) groups excluding carboxylic acids is 2. The molecule has 1 aromatic carbocycles. The Morgan fingerprint density at radius 2 is 1.88 bits per heavy atom. The fraction of sp³-hybridized carbons (Fsp3) is 0.385. The number of benzene rings is 1. The molecule has 0 N–H and O–H groups in total. The Morgan fingerprint density at radius 1 is 1.24 bits per heavy atom. The zero-order chi connectivity index (χ0) is 12.7. The molecule has 0 heterocycles. The number of ether oxygens (including phenoxy) is 2. The number of hydrogen-bond donors (Lipinski definition) is 0. The Morgan fingerprint density at radius 3 is 2.41 bits per heavy atom. The van der Waals surface area contributed by atoms with Gasteiger partial charge in [0.1, 0.15) is 0 Å². The number of carbonyl (C=O) groups is 2. The summed E-state index contributed by atoms with van der Waals surface area (Å²) in [5.74, 6) is -0.995. The molecular formula is C13H16O4.